The van der Waals surface area contributed by atoms with E-state index >= 15 is 0 Å². The highest BCUT2D eigenvalue weighted by Crippen LogP contribution is 2.67. The molecule has 5 atom stereocenters. The fourth-order valence-corrected chi connectivity index (χ4v) is 6.50. The predicted octanol–water partition coefficient (Wildman–Crippen LogP) is 8.56. The Bertz CT molecular complexity index is 412. The van der Waals surface area contributed by atoms with Gasteiger partial charge in [0.1, 0.15) is 0 Å². The monoisotopic (exact) mass is 364 g/mol. The third-order valence-corrected chi connectivity index (χ3v) is 8.74. The van der Waals surface area contributed by atoms with E-state index in [1.807, 2.05) is 0 Å². The minimum absolute atomic E-state index is 0.396. The van der Waals surface area contributed by atoms with E-state index in [2.05, 4.69) is 90.0 Å². The molecule has 5 unspecified atom stereocenters. The van der Waals surface area contributed by atoms with E-state index < -0.39 is 0 Å². The second-order valence-electron chi connectivity index (χ2n) is 12.3. The average molecular weight is 365 g/mol. The van der Waals surface area contributed by atoms with Crippen LogP contribution < -0.4 is 0 Å². The number of hydrogen-bond donors (Lipinski definition) is 0. The van der Waals surface area contributed by atoms with Gasteiger partial charge in [0.15, 0.2) is 0 Å². The van der Waals surface area contributed by atoms with Gasteiger partial charge in [-0.25, -0.2) is 0 Å². The Labute approximate surface area is 167 Å². The first-order valence-corrected chi connectivity index (χ1v) is 11.7. The molecule has 0 spiro atoms. The van der Waals surface area contributed by atoms with Gasteiger partial charge >= 0.3 is 0 Å². The number of hydrogen-bond acceptors (Lipinski definition) is 0. The fourth-order valence-electron chi connectivity index (χ4n) is 6.50. The molecule has 0 aromatic rings. The standard InChI is InChI=1S/C26H52/c1-16(2)20(9)23(25(11,12)13)14-22(17(3)4)21(10)24-15-26(24,18(5)6)19(7)8/h16-24H,14-15H2,1-13H3. The van der Waals surface area contributed by atoms with Gasteiger partial charge in [0.2, 0.25) is 0 Å². The average Bonchev–Trinajstić information content (AvgIpc) is 3.22. The van der Waals surface area contributed by atoms with Crippen LogP contribution in [-0.4, -0.2) is 0 Å². The maximum atomic E-state index is 2.60. The van der Waals surface area contributed by atoms with E-state index in [-0.39, 0.29) is 0 Å². The van der Waals surface area contributed by atoms with Crippen molar-refractivity contribution < 1.29 is 0 Å². The molecule has 1 saturated carbocycles. The van der Waals surface area contributed by atoms with Gasteiger partial charge in [-0.3, -0.25) is 0 Å². The quantitative estimate of drug-likeness (QED) is 0.384. The van der Waals surface area contributed by atoms with Gasteiger partial charge in [-0.05, 0) is 76.9 Å². The van der Waals surface area contributed by atoms with Gasteiger partial charge in [0.05, 0.1) is 0 Å². The molecular formula is C26H52. The van der Waals surface area contributed by atoms with Crippen LogP contribution in [0.25, 0.3) is 0 Å². The van der Waals surface area contributed by atoms with Crippen LogP contribution >= 0.6 is 0 Å². The summed E-state index contributed by atoms with van der Waals surface area (Å²) in [6.45, 7) is 32.2. The summed E-state index contributed by atoms with van der Waals surface area (Å²) in [4.78, 5) is 0. The maximum absolute atomic E-state index is 2.60. The molecule has 0 heteroatoms. The highest BCUT2D eigenvalue weighted by molar-refractivity contribution is 5.08. The molecule has 1 aliphatic carbocycles. The van der Waals surface area contributed by atoms with Crippen molar-refractivity contribution in [3.63, 3.8) is 0 Å². The Kier molecular flexibility index (Phi) is 7.92. The normalized spacial score (nSPS) is 25.0. The zero-order valence-electron chi connectivity index (χ0n) is 20.6. The molecule has 0 nitrogen and oxygen atoms in total. The minimum atomic E-state index is 0.396. The Hall–Kier alpha value is 0. The summed E-state index contributed by atoms with van der Waals surface area (Å²) in [5.41, 5.74) is 1.00. The Morgan fingerprint density at radius 3 is 1.50 bits per heavy atom. The number of rotatable bonds is 9. The van der Waals surface area contributed by atoms with Gasteiger partial charge in [0.25, 0.3) is 0 Å². The molecule has 0 N–H and O–H groups in total. The van der Waals surface area contributed by atoms with Crippen molar-refractivity contribution in [1.82, 2.24) is 0 Å². The molecule has 1 rings (SSSR count). The molecule has 0 bridgehead atoms. The van der Waals surface area contributed by atoms with Crippen LogP contribution in [-0.2, 0) is 0 Å². The Morgan fingerprint density at radius 2 is 1.23 bits per heavy atom. The van der Waals surface area contributed by atoms with E-state index in [1.165, 1.54) is 12.8 Å². The van der Waals surface area contributed by atoms with Crippen molar-refractivity contribution in [2.24, 2.45) is 64.1 Å². The van der Waals surface area contributed by atoms with Crippen LogP contribution in [0.3, 0.4) is 0 Å². The third kappa shape index (κ3) is 4.88. The van der Waals surface area contributed by atoms with Gasteiger partial charge in [-0.15, -0.1) is 0 Å². The van der Waals surface area contributed by atoms with Gasteiger partial charge in [-0.1, -0.05) is 90.0 Å². The van der Waals surface area contributed by atoms with Crippen molar-refractivity contribution in [2.45, 2.75) is 103 Å². The van der Waals surface area contributed by atoms with Crippen molar-refractivity contribution in [3.05, 3.63) is 0 Å². The zero-order valence-corrected chi connectivity index (χ0v) is 20.6. The van der Waals surface area contributed by atoms with Crippen molar-refractivity contribution in [1.29, 1.82) is 0 Å². The van der Waals surface area contributed by atoms with E-state index in [0.29, 0.717) is 10.8 Å². The summed E-state index contributed by atoms with van der Waals surface area (Å²) in [5, 5.41) is 0. The SMILES string of the molecule is CC(C)C(C)C(CC(C(C)C)C(C)C1CC1(C(C)C)C(C)C)C(C)(C)C. The van der Waals surface area contributed by atoms with E-state index in [9.17, 15) is 0 Å². The van der Waals surface area contributed by atoms with Crippen molar-refractivity contribution in [3.8, 4) is 0 Å². The molecular weight excluding hydrogens is 312 g/mol. The van der Waals surface area contributed by atoms with Crippen LogP contribution in [0.15, 0.2) is 0 Å². The summed E-state index contributed by atoms with van der Waals surface area (Å²) in [6, 6.07) is 0. The van der Waals surface area contributed by atoms with Crippen molar-refractivity contribution in [2.75, 3.05) is 0 Å². The first-order chi connectivity index (χ1) is 11.7. The smallest absolute Gasteiger partial charge is 0.0217 e. The summed E-state index contributed by atoms with van der Waals surface area (Å²) < 4.78 is 0. The summed E-state index contributed by atoms with van der Waals surface area (Å²) in [6.07, 6.45) is 2.87. The van der Waals surface area contributed by atoms with Crippen molar-refractivity contribution >= 4 is 0 Å². The predicted molar refractivity (Wildman–Crippen MR) is 119 cm³/mol. The van der Waals surface area contributed by atoms with Gasteiger partial charge < -0.3 is 0 Å². The van der Waals surface area contributed by atoms with Crippen LogP contribution in [0.1, 0.15) is 103 Å². The molecule has 0 aliphatic heterocycles. The zero-order chi connectivity index (χ0) is 20.6. The van der Waals surface area contributed by atoms with Crippen LogP contribution in [0.4, 0.5) is 0 Å². The first-order valence-electron chi connectivity index (χ1n) is 11.7. The largest absolute Gasteiger partial charge is 0.0625 e. The van der Waals surface area contributed by atoms with Gasteiger partial charge in [0, 0.05) is 0 Å². The van der Waals surface area contributed by atoms with E-state index in [1.54, 1.807) is 0 Å². The van der Waals surface area contributed by atoms with Crippen LogP contribution in [0.2, 0.25) is 0 Å². The third-order valence-electron chi connectivity index (χ3n) is 8.74. The van der Waals surface area contributed by atoms with E-state index in [4.69, 9.17) is 0 Å². The highest BCUT2D eigenvalue weighted by Gasteiger charge is 2.60. The molecule has 1 fully saturated rings. The molecule has 0 aromatic heterocycles. The topological polar surface area (TPSA) is 0 Å². The highest BCUT2D eigenvalue weighted by atomic mass is 14.6. The molecule has 0 saturated heterocycles. The van der Waals surface area contributed by atoms with Gasteiger partial charge in [-0.2, -0.15) is 0 Å². The molecule has 0 amide bonds. The first kappa shape index (κ1) is 24.0. The molecule has 1 aliphatic rings. The minimum Gasteiger partial charge on any atom is -0.0625 e. The molecule has 0 heterocycles. The molecule has 26 heavy (non-hydrogen) atoms. The molecule has 156 valence electrons. The van der Waals surface area contributed by atoms with Crippen LogP contribution in [0.5, 0.6) is 0 Å². The summed E-state index contributed by atoms with van der Waals surface area (Å²) in [7, 11) is 0. The second-order valence-corrected chi connectivity index (χ2v) is 12.3. The molecule has 0 aromatic carbocycles. The molecule has 0 radical (unpaired) electrons. The lowest BCUT2D eigenvalue weighted by atomic mass is 9.63. The maximum Gasteiger partial charge on any atom is -0.0217 e. The van der Waals surface area contributed by atoms with Crippen LogP contribution in [0, 0.1) is 64.1 Å². The Balaban J connectivity index is 3.05. The lowest BCUT2D eigenvalue weighted by molar-refractivity contribution is 0.0650. The fraction of sp³-hybridized carbons (Fsp3) is 1.00. The second kappa shape index (κ2) is 8.57. The van der Waals surface area contributed by atoms with E-state index in [0.717, 1.165) is 53.3 Å². The summed E-state index contributed by atoms with van der Waals surface area (Å²) in [5.74, 6) is 7.43. The lowest BCUT2D eigenvalue weighted by Gasteiger charge is -2.43. The Morgan fingerprint density at radius 1 is 0.769 bits per heavy atom. The lowest BCUT2D eigenvalue weighted by Crippen LogP contribution is -2.35. The summed E-state index contributed by atoms with van der Waals surface area (Å²) >= 11 is 0.